The summed E-state index contributed by atoms with van der Waals surface area (Å²) >= 11 is 0. The molecule has 0 fully saturated rings. The molecule has 0 aliphatic rings. The van der Waals surface area contributed by atoms with Crippen LogP contribution in [0.25, 0.3) is 10.9 Å². The van der Waals surface area contributed by atoms with Gasteiger partial charge in [-0.3, -0.25) is 10.1 Å². The first-order valence-electron chi connectivity index (χ1n) is 6.88. The molecule has 6 nitrogen and oxygen atoms in total. The van der Waals surface area contributed by atoms with Crippen LogP contribution in [0.15, 0.2) is 43.0 Å². The smallest absolute Gasteiger partial charge is 0.388 e. The van der Waals surface area contributed by atoms with Crippen molar-refractivity contribution in [3.05, 3.63) is 64.4 Å². The molecule has 2 aromatic rings. The zero-order valence-electron chi connectivity index (χ0n) is 12.2. The topological polar surface area (TPSA) is 82.3 Å². The molecule has 2 rings (SSSR count). The number of hydrogen-bond donors (Lipinski definition) is 0. The number of carbonyl (C=O) groups is 1. The van der Waals surface area contributed by atoms with Gasteiger partial charge in [-0.2, -0.15) is 0 Å². The van der Waals surface area contributed by atoms with Crippen LogP contribution >= 0.6 is 0 Å². The summed E-state index contributed by atoms with van der Waals surface area (Å²) in [6.07, 6.45) is 2.45. The van der Waals surface area contributed by atoms with Crippen LogP contribution in [-0.4, -0.2) is 22.5 Å². The van der Waals surface area contributed by atoms with Gasteiger partial charge >= 0.3 is 12.0 Å². The Kier molecular flexibility index (Phi) is 4.83. The van der Waals surface area contributed by atoms with Crippen LogP contribution in [-0.2, 0) is 16.0 Å². The number of hydrogen-bond acceptors (Lipinski definition) is 5. The monoisotopic (exact) mass is 300 g/mol. The Morgan fingerprint density at radius 3 is 2.86 bits per heavy atom. The van der Waals surface area contributed by atoms with Crippen LogP contribution in [0, 0.1) is 10.1 Å². The highest BCUT2D eigenvalue weighted by molar-refractivity contribution is 5.84. The summed E-state index contributed by atoms with van der Waals surface area (Å²) in [5.74, 6) is -0.901. The Balaban J connectivity index is 2.49. The van der Waals surface area contributed by atoms with Crippen molar-refractivity contribution in [2.24, 2.45) is 0 Å². The van der Waals surface area contributed by atoms with Gasteiger partial charge in [0.05, 0.1) is 12.1 Å². The molecule has 1 aromatic heterocycles. The maximum atomic E-state index is 11.8. The Bertz CT molecular complexity index is 727. The maximum absolute atomic E-state index is 11.8. The molecule has 6 heteroatoms. The highest BCUT2D eigenvalue weighted by Crippen LogP contribution is 2.23. The van der Waals surface area contributed by atoms with E-state index in [0.717, 1.165) is 10.9 Å². The van der Waals surface area contributed by atoms with Crippen molar-refractivity contribution in [2.45, 2.75) is 19.4 Å². The summed E-state index contributed by atoms with van der Waals surface area (Å²) in [6.45, 7) is 5.39. The molecular weight excluding hydrogens is 284 g/mol. The van der Waals surface area contributed by atoms with E-state index in [0.29, 0.717) is 11.9 Å². The fourth-order valence-corrected chi connectivity index (χ4v) is 2.26. The van der Waals surface area contributed by atoms with Crippen LogP contribution in [0.5, 0.6) is 0 Å². The molecule has 1 aromatic carbocycles. The zero-order chi connectivity index (χ0) is 16.1. The average molecular weight is 300 g/mol. The van der Waals surface area contributed by atoms with E-state index in [1.165, 1.54) is 6.07 Å². The molecule has 0 radical (unpaired) electrons. The molecule has 0 amide bonds. The minimum Gasteiger partial charge on any atom is -0.461 e. The quantitative estimate of drug-likeness (QED) is 0.354. The predicted molar refractivity (Wildman–Crippen MR) is 82.0 cm³/mol. The van der Waals surface area contributed by atoms with Crippen LogP contribution in [0.4, 0.5) is 0 Å². The molecule has 114 valence electrons. The molecule has 0 N–H and O–H groups in total. The summed E-state index contributed by atoms with van der Waals surface area (Å²) in [7, 11) is 0. The second-order valence-electron chi connectivity index (χ2n) is 4.65. The fraction of sp³-hybridized carbons (Fsp3) is 0.250. The summed E-state index contributed by atoms with van der Waals surface area (Å²) in [4.78, 5) is 26.5. The molecule has 0 aliphatic heterocycles. The number of allylic oxidation sites excluding steroid dienone is 1. The first kappa shape index (κ1) is 15.6. The number of nitro groups is 1. The summed E-state index contributed by atoms with van der Waals surface area (Å²) in [6, 6.07) is 7.16. The van der Waals surface area contributed by atoms with E-state index in [4.69, 9.17) is 4.74 Å². The van der Waals surface area contributed by atoms with E-state index in [1.807, 2.05) is 12.1 Å². The van der Waals surface area contributed by atoms with Crippen molar-refractivity contribution >= 4 is 16.9 Å². The Morgan fingerprint density at radius 1 is 1.45 bits per heavy atom. The largest absolute Gasteiger partial charge is 0.461 e. The first-order chi connectivity index (χ1) is 10.6. The van der Waals surface area contributed by atoms with Crippen molar-refractivity contribution in [3.8, 4) is 0 Å². The van der Waals surface area contributed by atoms with Crippen LogP contribution < -0.4 is 0 Å². The van der Waals surface area contributed by atoms with E-state index < -0.39 is 16.9 Å². The van der Waals surface area contributed by atoms with Crippen molar-refractivity contribution in [1.29, 1.82) is 0 Å². The van der Waals surface area contributed by atoms with Gasteiger partial charge < -0.3 is 4.74 Å². The van der Waals surface area contributed by atoms with Gasteiger partial charge in [-0.1, -0.05) is 24.3 Å². The highest BCUT2D eigenvalue weighted by Gasteiger charge is 2.35. The van der Waals surface area contributed by atoms with Crippen molar-refractivity contribution in [1.82, 2.24) is 4.98 Å². The first-order valence-corrected chi connectivity index (χ1v) is 6.88. The molecule has 0 bridgehead atoms. The highest BCUT2D eigenvalue weighted by atomic mass is 16.6. The number of carbonyl (C=O) groups excluding carboxylic acids is 1. The second-order valence-corrected chi connectivity index (χ2v) is 4.65. The molecule has 22 heavy (non-hydrogen) atoms. The van der Waals surface area contributed by atoms with E-state index >= 15 is 0 Å². The molecular formula is C16H16N2O4. The molecule has 0 aliphatic carbocycles. The summed E-state index contributed by atoms with van der Waals surface area (Å²) < 4.78 is 4.76. The van der Waals surface area contributed by atoms with E-state index in [-0.39, 0.29) is 12.3 Å². The number of aromatic nitrogens is 1. The maximum Gasteiger partial charge on any atom is 0.388 e. The van der Waals surface area contributed by atoms with Gasteiger partial charge in [0.25, 0.3) is 0 Å². The number of esters is 1. The molecule has 1 heterocycles. The Labute approximate surface area is 127 Å². The molecule has 1 unspecified atom stereocenters. The van der Waals surface area contributed by atoms with E-state index in [2.05, 4.69) is 11.6 Å². The third-order valence-electron chi connectivity index (χ3n) is 3.21. The second kappa shape index (κ2) is 6.80. The van der Waals surface area contributed by atoms with Gasteiger partial charge in [-0.15, -0.1) is 6.58 Å². The van der Waals surface area contributed by atoms with Gasteiger partial charge in [-0.05, 0) is 31.0 Å². The van der Waals surface area contributed by atoms with Crippen molar-refractivity contribution in [2.75, 3.05) is 6.61 Å². The SMILES string of the molecule is C=CCc1cccc2nc(C(C(=O)OCC)[N+](=O)[O-])ccc12. The number of benzene rings is 1. The van der Waals surface area contributed by atoms with Crippen molar-refractivity contribution < 1.29 is 14.5 Å². The number of nitrogens with zero attached hydrogens (tertiary/aromatic N) is 2. The summed E-state index contributed by atoms with van der Waals surface area (Å²) in [5, 5.41) is 12.1. The third-order valence-corrected chi connectivity index (χ3v) is 3.21. The van der Waals surface area contributed by atoms with Gasteiger partial charge in [0.1, 0.15) is 5.69 Å². The van der Waals surface area contributed by atoms with Gasteiger partial charge in [0, 0.05) is 10.3 Å². The Hall–Kier alpha value is -2.76. The Morgan fingerprint density at radius 2 is 2.23 bits per heavy atom. The molecule has 1 atom stereocenters. The van der Waals surface area contributed by atoms with Gasteiger partial charge in [0.2, 0.25) is 0 Å². The van der Waals surface area contributed by atoms with Crippen LogP contribution in [0.3, 0.4) is 0 Å². The predicted octanol–water partition coefficient (Wildman–Crippen LogP) is 2.84. The molecule has 0 saturated carbocycles. The normalized spacial score (nSPS) is 11.9. The van der Waals surface area contributed by atoms with E-state index in [9.17, 15) is 14.9 Å². The fourth-order valence-electron chi connectivity index (χ4n) is 2.26. The number of rotatable bonds is 6. The van der Waals surface area contributed by atoms with Gasteiger partial charge in [-0.25, -0.2) is 9.78 Å². The summed E-state index contributed by atoms with van der Waals surface area (Å²) in [5.41, 5.74) is 1.71. The van der Waals surface area contributed by atoms with Gasteiger partial charge in [0.15, 0.2) is 0 Å². The molecule has 0 spiro atoms. The van der Waals surface area contributed by atoms with E-state index in [1.54, 1.807) is 25.1 Å². The standard InChI is InChI=1S/C16H16N2O4/c1-3-6-11-7-5-8-13-12(11)9-10-14(17-13)15(18(20)21)16(19)22-4-2/h3,5,7-10,15H,1,4,6H2,2H3. The lowest BCUT2D eigenvalue weighted by Crippen LogP contribution is -2.24. The number of ether oxygens (including phenoxy) is 1. The van der Waals surface area contributed by atoms with Crippen LogP contribution in [0.2, 0.25) is 0 Å². The lowest BCUT2D eigenvalue weighted by Gasteiger charge is -2.10. The minimum atomic E-state index is -1.60. The lowest BCUT2D eigenvalue weighted by atomic mass is 10.0. The number of fused-ring (bicyclic) bond motifs is 1. The lowest BCUT2D eigenvalue weighted by molar-refractivity contribution is -0.517. The van der Waals surface area contributed by atoms with Crippen molar-refractivity contribution in [3.63, 3.8) is 0 Å². The molecule has 0 saturated heterocycles. The van der Waals surface area contributed by atoms with Crippen LogP contribution in [0.1, 0.15) is 24.2 Å². The number of pyridine rings is 1. The zero-order valence-corrected chi connectivity index (χ0v) is 12.2. The minimum absolute atomic E-state index is 0.0757. The third kappa shape index (κ3) is 3.11. The average Bonchev–Trinajstić information content (AvgIpc) is 2.47.